The summed E-state index contributed by atoms with van der Waals surface area (Å²) in [4.78, 5) is 17.1. The van der Waals surface area contributed by atoms with E-state index in [1.165, 1.54) is 4.68 Å². The van der Waals surface area contributed by atoms with Crippen LogP contribution in [0, 0.1) is 0 Å². The van der Waals surface area contributed by atoms with Crippen molar-refractivity contribution in [1.82, 2.24) is 14.8 Å². The molecule has 0 saturated carbocycles. The number of aromatic amines is 1. The van der Waals surface area contributed by atoms with Gasteiger partial charge in [-0.15, -0.1) is 0 Å². The molecule has 0 aliphatic rings. The molecule has 0 saturated heterocycles. The van der Waals surface area contributed by atoms with E-state index in [9.17, 15) is 4.79 Å². The fourth-order valence-electron chi connectivity index (χ4n) is 2.53. The monoisotopic (exact) mass is 321 g/mol. The van der Waals surface area contributed by atoms with Gasteiger partial charge in [0.1, 0.15) is 0 Å². The van der Waals surface area contributed by atoms with Gasteiger partial charge < -0.3 is 0 Å². The number of H-pyrrole nitrogens is 1. The Labute approximate surface area is 137 Å². The molecule has 2 aromatic carbocycles. The Bertz CT molecular complexity index is 1030. The smallest absolute Gasteiger partial charge is 0.274 e. The van der Waals surface area contributed by atoms with Gasteiger partial charge in [-0.1, -0.05) is 41.9 Å². The molecule has 0 unspecified atom stereocenters. The zero-order chi connectivity index (χ0) is 15.8. The number of nitrogens with one attached hydrogen (secondary N) is 1. The number of hydrogen-bond acceptors (Lipinski definition) is 2. The molecule has 2 aromatic heterocycles. The molecule has 1 N–H and O–H groups in total. The Morgan fingerprint density at radius 3 is 2.39 bits per heavy atom. The standard InChI is InChI=1S/C18H12ClN3O/c19-13-8-6-12(7-9-13)16-11-10-15-17(20-16)21-22(18(15)23)14-4-2-1-3-5-14/h1-11H,(H,20,21). The highest BCUT2D eigenvalue weighted by Crippen LogP contribution is 2.21. The van der Waals surface area contributed by atoms with Crippen LogP contribution < -0.4 is 5.56 Å². The van der Waals surface area contributed by atoms with Crippen molar-refractivity contribution in [2.75, 3.05) is 0 Å². The van der Waals surface area contributed by atoms with Crippen LogP contribution in [0.3, 0.4) is 0 Å². The van der Waals surface area contributed by atoms with Crippen molar-refractivity contribution in [1.29, 1.82) is 0 Å². The highest BCUT2D eigenvalue weighted by atomic mass is 35.5. The van der Waals surface area contributed by atoms with Crippen LogP contribution >= 0.6 is 11.6 Å². The van der Waals surface area contributed by atoms with Crippen LogP contribution in [0.25, 0.3) is 28.0 Å². The molecule has 0 amide bonds. The molecule has 0 atom stereocenters. The summed E-state index contributed by atoms with van der Waals surface area (Å²) in [6, 6.07) is 20.5. The quantitative estimate of drug-likeness (QED) is 0.606. The highest BCUT2D eigenvalue weighted by Gasteiger charge is 2.10. The van der Waals surface area contributed by atoms with E-state index < -0.39 is 0 Å². The number of para-hydroxylation sites is 1. The molecule has 23 heavy (non-hydrogen) atoms. The molecule has 4 nitrogen and oxygen atoms in total. The van der Waals surface area contributed by atoms with E-state index in [2.05, 4.69) is 10.1 Å². The normalized spacial score (nSPS) is 11.0. The maximum Gasteiger partial charge on any atom is 0.280 e. The zero-order valence-corrected chi connectivity index (χ0v) is 12.8. The third kappa shape index (κ3) is 2.43. The van der Waals surface area contributed by atoms with E-state index >= 15 is 0 Å². The average molecular weight is 322 g/mol. The molecule has 0 aliphatic heterocycles. The number of halogens is 1. The molecular formula is C18H12ClN3O. The van der Waals surface area contributed by atoms with Crippen LogP contribution in [0.2, 0.25) is 5.02 Å². The first-order chi connectivity index (χ1) is 11.2. The van der Waals surface area contributed by atoms with Crippen molar-refractivity contribution in [2.24, 2.45) is 0 Å². The van der Waals surface area contributed by atoms with Crippen LogP contribution in [0.5, 0.6) is 0 Å². The Balaban J connectivity index is 1.87. The Hall–Kier alpha value is -2.85. The van der Waals surface area contributed by atoms with Gasteiger partial charge in [0, 0.05) is 10.6 Å². The number of nitrogens with zero attached hydrogens (tertiary/aromatic N) is 2. The third-order valence-electron chi connectivity index (χ3n) is 3.70. The SMILES string of the molecule is O=c1c2ccc(-c3ccc(Cl)cc3)nc2[nH]n1-c1ccccc1. The van der Waals surface area contributed by atoms with Crippen LogP contribution in [0.15, 0.2) is 71.5 Å². The van der Waals surface area contributed by atoms with E-state index in [-0.39, 0.29) is 5.56 Å². The lowest BCUT2D eigenvalue weighted by molar-refractivity contribution is 0.859. The van der Waals surface area contributed by atoms with Crippen molar-refractivity contribution in [2.45, 2.75) is 0 Å². The topological polar surface area (TPSA) is 50.7 Å². The van der Waals surface area contributed by atoms with Gasteiger partial charge in [-0.3, -0.25) is 9.89 Å². The van der Waals surface area contributed by atoms with Crippen LogP contribution in [-0.2, 0) is 0 Å². The fraction of sp³-hybridized carbons (Fsp3) is 0. The summed E-state index contributed by atoms with van der Waals surface area (Å²) in [5.74, 6) is 0. The molecule has 112 valence electrons. The number of pyridine rings is 1. The van der Waals surface area contributed by atoms with Crippen LogP contribution in [-0.4, -0.2) is 14.8 Å². The predicted molar refractivity (Wildman–Crippen MR) is 92.1 cm³/mol. The van der Waals surface area contributed by atoms with Crippen molar-refractivity contribution < 1.29 is 0 Å². The zero-order valence-electron chi connectivity index (χ0n) is 12.0. The van der Waals surface area contributed by atoms with Gasteiger partial charge in [-0.05, 0) is 36.4 Å². The summed E-state index contributed by atoms with van der Waals surface area (Å²) in [6.07, 6.45) is 0. The van der Waals surface area contributed by atoms with Crippen LogP contribution in [0.4, 0.5) is 0 Å². The highest BCUT2D eigenvalue weighted by molar-refractivity contribution is 6.30. The Morgan fingerprint density at radius 2 is 1.65 bits per heavy atom. The lowest BCUT2D eigenvalue weighted by Crippen LogP contribution is -2.13. The summed E-state index contributed by atoms with van der Waals surface area (Å²) < 4.78 is 1.50. The molecule has 0 bridgehead atoms. The van der Waals surface area contributed by atoms with Gasteiger partial charge in [0.25, 0.3) is 5.56 Å². The van der Waals surface area contributed by atoms with Crippen LogP contribution in [0.1, 0.15) is 0 Å². The summed E-state index contributed by atoms with van der Waals surface area (Å²) in [5, 5.41) is 4.31. The van der Waals surface area contributed by atoms with Crippen molar-refractivity contribution in [3.05, 3.63) is 82.1 Å². The molecule has 5 heteroatoms. The number of rotatable bonds is 2. The van der Waals surface area contributed by atoms with Gasteiger partial charge in [0.2, 0.25) is 0 Å². The largest absolute Gasteiger partial charge is 0.280 e. The molecule has 0 radical (unpaired) electrons. The Kier molecular flexibility index (Phi) is 3.24. The van der Waals surface area contributed by atoms with Gasteiger partial charge in [-0.2, -0.15) is 0 Å². The molecule has 0 spiro atoms. The minimum Gasteiger partial charge on any atom is -0.274 e. The van der Waals surface area contributed by atoms with Crippen molar-refractivity contribution in [3.63, 3.8) is 0 Å². The van der Waals surface area contributed by atoms with Gasteiger partial charge in [-0.25, -0.2) is 9.67 Å². The minimum atomic E-state index is -0.110. The van der Waals surface area contributed by atoms with E-state index in [0.717, 1.165) is 16.9 Å². The van der Waals surface area contributed by atoms with Gasteiger partial charge in [0.05, 0.1) is 16.8 Å². The van der Waals surface area contributed by atoms with Crippen molar-refractivity contribution >= 4 is 22.6 Å². The number of hydrogen-bond donors (Lipinski definition) is 1. The third-order valence-corrected chi connectivity index (χ3v) is 3.95. The first-order valence-corrected chi connectivity index (χ1v) is 7.53. The van der Waals surface area contributed by atoms with Gasteiger partial charge in [0.15, 0.2) is 5.65 Å². The van der Waals surface area contributed by atoms with E-state index in [4.69, 9.17) is 11.6 Å². The van der Waals surface area contributed by atoms with Gasteiger partial charge >= 0.3 is 0 Å². The second kappa shape index (κ2) is 5.41. The first-order valence-electron chi connectivity index (χ1n) is 7.15. The van der Waals surface area contributed by atoms with E-state index in [1.807, 2.05) is 60.7 Å². The predicted octanol–water partition coefficient (Wildman–Crippen LogP) is 4.03. The molecule has 4 rings (SSSR count). The average Bonchev–Trinajstić information content (AvgIpc) is 2.93. The second-order valence-electron chi connectivity index (χ2n) is 5.19. The summed E-state index contributed by atoms with van der Waals surface area (Å²) in [5.41, 5.74) is 2.97. The molecular weight excluding hydrogens is 310 g/mol. The molecule has 4 aromatic rings. The number of fused-ring (bicyclic) bond motifs is 1. The lowest BCUT2D eigenvalue weighted by Gasteiger charge is -2.00. The first kappa shape index (κ1) is 13.8. The van der Waals surface area contributed by atoms with E-state index in [1.54, 1.807) is 6.07 Å². The summed E-state index contributed by atoms with van der Waals surface area (Å²) in [6.45, 7) is 0. The van der Waals surface area contributed by atoms with Crippen molar-refractivity contribution in [3.8, 4) is 16.9 Å². The maximum atomic E-state index is 12.5. The lowest BCUT2D eigenvalue weighted by atomic mass is 10.1. The van der Waals surface area contributed by atoms with E-state index in [0.29, 0.717) is 16.1 Å². The molecule has 2 heterocycles. The number of benzene rings is 2. The minimum absolute atomic E-state index is 0.110. The second-order valence-corrected chi connectivity index (χ2v) is 5.62. The summed E-state index contributed by atoms with van der Waals surface area (Å²) in [7, 11) is 0. The summed E-state index contributed by atoms with van der Waals surface area (Å²) >= 11 is 5.91. The molecule has 0 aliphatic carbocycles. The maximum absolute atomic E-state index is 12.5. The Morgan fingerprint density at radius 1 is 0.913 bits per heavy atom. The number of aromatic nitrogens is 3. The molecule has 0 fully saturated rings. The fourth-order valence-corrected chi connectivity index (χ4v) is 2.66.